The summed E-state index contributed by atoms with van der Waals surface area (Å²) in [5.74, 6) is -0.991. The number of unbranched alkanes of at least 4 members (excludes halogenated alkanes) is 7. The summed E-state index contributed by atoms with van der Waals surface area (Å²) in [4.78, 5) is 10.9. The van der Waals surface area contributed by atoms with Gasteiger partial charge in [0.1, 0.15) is 0 Å². The van der Waals surface area contributed by atoms with Crippen LogP contribution in [0.2, 0.25) is 5.02 Å². The van der Waals surface area contributed by atoms with Crippen LogP contribution >= 0.6 is 11.6 Å². The molecule has 1 aromatic carbocycles. The molecule has 2 N–H and O–H groups in total. The molecule has 0 saturated heterocycles. The van der Waals surface area contributed by atoms with Gasteiger partial charge in [-0.3, -0.25) is 0 Å². The molecule has 0 unspecified atom stereocenters. The lowest BCUT2D eigenvalue weighted by atomic mass is 10.1. The van der Waals surface area contributed by atoms with Gasteiger partial charge in [-0.25, -0.2) is 4.79 Å². The van der Waals surface area contributed by atoms with E-state index in [0.29, 0.717) is 0 Å². The molecule has 0 atom stereocenters. The SMILES string of the molecule is CCCCCCCCCCNc1ccc(C(=O)O)c(Cl)c1. The maximum absolute atomic E-state index is 10.9. The predicted octanol–water partition coefficient (Wildman–Crippen LogP) is 5.59. The fourth-order valence-electron chi connectivity index (χ4n) is 2.29. The predicted molar refractivity (Wildman–Crippen MR) is 89.5 cm³/mol. The summed E-state index contributed by atoms with van der Waals surface area (Å²) in [5.41, 5.74) is 1.03. The number of halogens is 1. The summed E-state index contributed by atoms with van der Waals surface area (Å²) >= 11 is 5.93. The molecule has 0 aromatic heterocycles. The first-order chi connectivity index (χ1) is 10.1. The Hall–Kier alpha value is -1.22. The average Bonchev–Trinajstić information content (AvgIpc) is 2.45. The van der Waals surface area contributed by atoms with Gasteiger partial charge in [-0.2, -0.15) is 0 Å². The zero-order valence-corrected chi connectivity index (χ0v) is 13.6. The van der Waals surface area contributed by atoms with Crippen LogP contribution < -0.4 is 5.32 Å². The largest absolute Gasteiger partial charge is 0.478 e. The van der Waals surface area contributed by atoms with E-state index in [1.54, 1.807) is 18.2 Å². The molecule has 0 spiro atoms. The summed E-state index contributed by atoms with van der Waals surface area (Å²) in [6.07, 6.45) is 10.4. The van der Waals surface area contributed by atoms with Gasteiger partial charge in [-0.15, -0.1) is 0 Å². The lowest BCUT2D eigenvalue weighted by Gasteiger charge is -2.08. The highest BCUT2D eigenvalue weighted by Gasteiger charge is 2.08. The Morgan fingerprint density at radius 1 is 1.10 bits per heavy atom. The van der Waals surface area contributed by atoms with Crippen LogP contribution in [0.5, 0.6) is 0 Å². The second-order valence-electron chi connectivity index (χ2n) is 5.40. The lowest BCUT2D eigenvalue weighted by molar-refractivity contribution is 0.0697. The Labute approximate surface area is 132 Å². The number of carbonyl (C=O) groups is 1. The number of nitrogens with one attached hydrogen (secondary N) is 1. The molecule has 0 aliphatic carbocycles. The Morgan fingerprint density at radius 3 is 2.29 bits per heavy atom. The van der Waals surface area contributed by atoms with Gasteiger partial charge in [0, 0.05) is 12.2 Å². The van der Waals surface area contributed by atoms with E-state index in [9.17, 15) is 4.79 Å². The fraction of sp³-hybridized carbons (Fsp3) is 0.588. The molecule has 4 heteroatoms. The Morgan fingerprint density at radius 2 is 1.71 bits per heavy atom. The topological polar surface area (TPSA) is 49.3 Å². The van der Waals surface area contributed by atoms with Gasteiger partial charge in [0.25, 0.3) is 0 Å². The maximum Gasteiger partial charge on any atom is 0.337 e. The van der Waals surface area contributed by atoms with Gasteiger partial charge in [0.15, 0.2) is 0 Å². The minimum absolute atomic E-state index is 0.147. The number of benzene rings is 1. The number of carboxylic acids is 1. The Bertz CT molecular complexity index is 435. The van der Waals surface area contributed by atoms with Gasteiger partial charge in [-0.05, 0) is 24.6 Å². The molecule has 21 heavy (non-hydrogen) atoms. The third-order valence-electron chi connectivity index (χ3n) is 3.56. The quantitative estimate of drug-likeness (QED) is 0.524. The van der Waals surface area contributed by atoms with E-state index in [1.165, 1.54) is 44.9 Å². The highest BCUT2D eigenvalue weighted by Crippen LogP contribution is 2.21. The molecule has 1 rings (SSSR count). The molecule has 3 nitrogen and oxygen atoms in total. The molecule has 0 aliphatic heterocycles. The van der Waals surface area contributed by atoms with Crippen LogP contribution in [0, 0.1) is 0 Å². The number of anilines is 1. The van der Waals surface area contributed by atoms with Crippen LogP contribution in [-0.2, 0) is 0 Å². The standard InChI is InChI=1S/C17H26ClNO2/c1-2-3-4-5-6-7-8-9-12-19-14-10-11-15(17(20)21)16(18)13-14/h10-11,13,19H,2-9,12H2,1H3,(H,20,21). The van der Waals surface area contributed by atoms with Gasteiger partial charge in [0.2, 0.25) is 0 Å². The summed E-state index contributed by atoms with van der Waals surface area (Å²) in [6.45, 7) is 3.14. The van der Waals surface area contributed by atoms with Crippen LogP contribution in [-0.4, -0.2) is 17.6 Å². The van der Waals surface area contributed by atoms with E-state index in [0.717, 1.165) is 18.7 Å². The zero-order chi connectivity index (χ0) is 15.5. The third-order valence-corrected chi connectivity index (χ3v) is 3.87. The summed E-state index contributed by atoms with van der Waals surface area (Å²) in [5, 5.41) is 12.5. The van der Waals surface area contributed by atoms with E-state index >= 15 is 0 Å². The molecular weight excluding hydrogens is 286 g/mol. The van der Waals surface area contributed by atoms with Crippen molar-refractivity contribution in [2.75, 3.05) is 11.9 Å². The average molecular weight is 312 g/mol. The molecule has 0 fully saturated rings. The maximum atomic E-state index is 10.9. The number of hydrogen-bond donors (Lipinski definition) is 2. The van der Waals surface area contributed by atoms with Crippen molar-refractivity contribution in [2.45, 2.75) is 58.3 Å². The van der Waals surface area contributed by atoms with Crippen LogP contribution in [0.4, 0.5) is 5.69 Å². The van der Waals surface area contributed by atoms with E-state index in [2.05, 4.69) is 12.2 Å². The molecule has 118 valence electrons. The van der Waals surface area contributed by atoms with Gasteiger partial charge >= 0.3 is 5.97 Å². The second-order valence-corrected chi connectivity index (χ2v) is 5.81. The minimum Gasteiger partial charge on any atom is -0.478 e. The fourth-order valence-corrected chi connectivity index (χ4v) is 2.55. The van der Waals surface area contributed by atoms with Crippen molar-refractivity contribution in [2.24, 2.45) is 0 Å². The highest BCUT2D eigenvalue weighted by molar-refractivity contribution is 6.33. The first kappa shape index (κ1) is 17.8. The van der Waals surface area contributed by atoms with Gasteiger partial charge < -0.3 is 10.4 Å². The first-order valence-corrected chi connectivity index (χ1v) is 8.29. The van der Waals surface area contributed by atoms with Crippen LogP contribution in [0.1, 0.15) is 68.6 Å². The zero-order valence-electron chi connectivity index (χ0n) is 12.8. The van der Waals surface area contributed by atoms with Gasteiger partial charge in [0.05, 0.1) is 10.6 Å². The minimum atomic E-state index is -0.991. The van der Waals surface area contributed by atoms with Crippen molar-refractivity contribution in [1.82, 2.24) is 0 Å². The van der Waals surface area contributed by atoms with Crippen molar-refractivity contribution >= 4 is 23.3 Å². The Balaban J connectivity index is 2.13. The van der Waals surface area contributed by atoms with E-state index in [-0.39, 0.29) is 10.6 Å². The molecule has 0 saturated carbocycles. The monoisotopic (exact) mass is 311 g/mol. The van der Waals surface area contributed by atoms with E-state index in [4.69, 9.17) is 16.7 Å². The molecule has 1 aromatic rings. The summed E-state index contributed by atoms with van der Waals surface area (Å²) in [7, 11) is 0. The van der Waals surface area contributed by atoms with Crippen molar-refractivity contribution in [3.05, 3.63) is 28.8 Å². The Kier molecular flexibility index (Phi) is 8.91. The normalized spacial score (nSPS) is 10.6. The van der Waals surface area contributed by atoms with Crippen LogP contribution in [0.15, 0.2) is 18.2 Å². The van der Waals surface area contributed by atoms with Crippen molar-refractivity contribution in [3.8, 4) is 0 Å². The number of carboxylic acid groups (broad SMARTS) is 1. The summed E-state index contributed by atoms with van der Waals surface area (Å²) < 4.78 is 0. The number of rotatable bonds is 11. The third kappa shape index (κ3) is 7.37. The molecule has 0 amide bonds. The number of hydrogen-bond acceptors (Lipinski definition) is 2. The molecule has 0 heterocycles. The smallest absolute Gasteiger partial charge is 0.337 e. The second kappa shape index (κ2) is 10.5. The highest BCUT2D eigenvalue weighted by atomic mass is 35.5. The molecular formula is C17H26ClNO2. The van der Waals surface area contributed by atoms with Crippen molar-refractivity contribution in [3.63, 3.8) is 0 Å². The molecule has 0 aliphatic rings. The van der Waals surface area contributed by atoms with E-state index < -0.39 is 5.97 Å². The molecule has 0 bridgehead atoms. The van der Waals surface area contributed by atoms with Crippen LogP contribution in [0.3, 0.4) is 0 Å². The van der Waals surface area contributed by atoms with Crippen molar-refractivity contribution < 1.29 is 9.90 Å². The number of aromatic carboxylic acids is 1. The van der Waals surface area contributed by atoms with Crippen LogP contribution in [0.25, 0.3) is 0 Å². The van der Waals surface area contributed by atoms with Crippen molar-refractivity contribution in [1.29, 1.82) is 0 Å². The van der Waals surface area contributed by atoms with Gasteiger partial charge in [-0.1, -0.05) is 63.5 Å². The summed E-state index contributed by atoms with van der Waals surface area (Å²) in [6, 6.07) is 4.98. The first-order valence-electron chi connectivity index (χ1n) is 7.92. The molecule has 0 radical (unpaired) electrons. The van der Waals surface area contributed by atoms with E-state index in [1.807, 2.05) is 0 Å². The lowest BCUT2D eigenvalue weighted by Crippen LogP contribution is -2.03.